The molecule has 1 amide bonds. The number of carbonyl (C=O) groups excluding carboxylic acids is 1. The maximum atomic E-state index is 13.5. The summed E-state index contributed by atoms with van der Waals surface area (Å²) < 4.78 is 33.8. The van der Waals surface area contributed by atoms with Crippen LogP contribution in [0.15, 0.2) is 76.0 Å². The first-order chi connectivity index (χ1) is 15.6. The van der Waals surface area contributed by atoms with Gasteiger partial charge < -0.3 is 9.32 Å². The average Bonchev–Trinajstić information content (AvgIpc) is 3.18. The van der Waals surface area contributed by atoms with Gasteiger partial charge in [0.15, 0.2) is 0 Å². The summed E-state index contributed by atoms with van der Waals surface area (Å²) in [6, 6.07) is 20.1. The fraction of sp³-hybridized carbons (Fsp3) is 0.346. The summed E-state index contributed by atoms with van der Waals surface area (Å²) in [6.45, 7) is 8.28. The van der Waals surface area contributed by atoms with E-state index in [0.717, 1.165) is 16.9 Å². The highest BCUT2D eigenvalue weighted by Gasteiger charge is 2.29. The monoisotopic (exact) mass is 468 g/mol. The molecule has 0 fully saturated rings. The van der Waals surface area contributed by atoms with Gasteiger partial charge >= 0.3 is 0 Å². The Morgan fingerprint density at radius 1 is 0.909 bits per heavy atom. The van der Waals surface area contributed by atoms with Gasteiger partial charge in [0.1, 0.15) is 11.5 Å². The average molecular weight is 469 g/mol. The van der Waals surface area contributed by atoms with Crippen LogP contribution >= 0.6 is 0 Å². The topological polar surface area (TPSA) is 70.8 Å². The van der Waals surface area contributed by atoms with Crippen molar-refractivity contribution in [2.45, 2.75) is 45.7 Å². The lowest BCUT2D eigenvalue weighted by Crippen LogP contribution is -2.43. The highest BCUT2D eigenvalue weighted by atomic mass is 32.2. The van der Waals surface area contributed by atoms with Crippen molar-refractivity contribution in [1.82, 2.24) is 9.21 Å². The number of aryl methyl sites for hydroxylation is 2. The zero-order chi connectivity index (χ0) is 24.0. The molecule has 2 aromatic carbocycles. The Balaban J connectivity index is 1.87. The first kappa shape index (κ1) is 24.7. The van der Waals surface area contributed by atoms with Gasteiger partial charge in [-0.25, -0.2) is 8.42 Å². The molecule has 1 heterocycles. The van der Waals surface area contributed by atoms with Crippen molar-refractivity contribution in [3.05, 3.63) is 89.4 Å². The summed E-state index contributed by atoms with van der Waals surface area (Å²) in [7, 11) is -3.82. The minimum atomic E-state index is -3.82. The predicted octanol–water partition coefficient (Wildman–Crippen LogP) is 4.77. The number of rotatable bonds is 10. The van der Waals surface area contributed by atoms with Gasteiger partial charge in [-0.1, -0.05) is 61.9 Å². The van der Waals surface area contributed by atoms with Crippen LogP contribution in [-0.4, -0.2) is 36.6 Å². The minimum absolute atomic E-state index is 0.0633. The molecule has 0 bridgehead atoms. The molecule has 33 heavy (non-hydrogen) atoms. The lowest BCUT2D eigenvalue weighted by atomic mass is 10.2. The molecule has 0 saturated heterocycles. The molecule has 1 aromatic heterocycles. The van der Waals surface area contributed by atoms with Gasteiger partial charge in [-0.3, -0.25) is 4.79 Å². The zero-order valence-corrected chi connectivity index (χ0v) is 20.5. The summed E-state index contributed by atoms with van der Waals surface area (Å²) in [5.74, 6) is 1.21. The highest BCUT2D eigenvalue weighted by molar-refractivity contribution is 7.89. The Hall–Kier alpha value is -2.90. The smallest absolute Gasteiger partial charge is 0.243 e. The molecule has 3 aromatic rings. The van der Waals surface area contributed by atoms with Gasteiger partial charge in [-0.2, -0.15) is 4.31 Å². The van der Waals surface area contributed by atoms with Crippen LogP contribution in [0.25, 0.3) is 0 Å². The second-order valence-corrected chi connectivity index (χ2v) is 10.7. The van der Waals surface area contributed by atoms with Gasteiger partial charge in [0.2, 0.25) is 15.9 Å². The van der Waals surface area contributed by atoms with Crippen molar-refractivity contribution in [3.8, 4) is 0 Å². The van der Waals surface area contributed by atoms with Crippen molar-refractivity contribution in [3.63, 3.8) is 0 Å². The number of amides is 1. The standard InChI is InChI=1S/C26H32N2O4S/c1-20(2)16-28(33(30,31)25-14-10-21(3)11-15-25)19-26(29)27(17-23-8-6-5-7-9-23)18-24-13-12-22(4)32-24/h5-15,20H,16-19H2,1-4H3. The summed E-state index contributed by atoms with van der Waals surface area (Å²) in [4.78, 5) is 15.3. The van der Waals surface area contributed by atoms with E-state index in [-0.39, 0.29) is 36.4 Å². The molecule has 0 unspecified atom stereocenters. The molecule has 0 aliphatic heterocycles. The predicted molar refractivity (Wildman–Crippen MR) is 129 cm³/mol. The molecule has 176 valence electrons. The summed E-state index contributed by atoms with van der Waals surface area (Å²) in [6.07, 6.45) is 0. The molecule has 0 N–H and O–H groups in total. The number of hydrogen-bond acceptors (Lipinski definition) is 4. The number of furan rings is 1. The van der Waals surface area contributed by atoms with Crippen molar-refractivity contribution in [2.75, 3.05) is 13.1 Å². The van der Waals surface area contributed by atoms with Crippen molar-refractivity contribution in [2.24, 2.45) is 5.92 Å². The molecular formula is C26H32N2O4S. The van der Waals surface area contributed by atoms with Crippen LogP contribution in [0.3, 0.4) is 0 Å². The Kier molecular flexibility index (Phi) is 8.10. The van der Waals surface area contributed by atoms with Gasteiger partial charge in [0.25, 0.3) is 0 Å². The van der Waals surface area contributed by atoms with E-state index < -0.39 is 10.0 Å². The van der Waals surface area contributed by atoms with Crippen LogP contribution in [0.2, 0.25) is 0 Å². The molecule has 0 aliphatic carbocycles. The molecule has 0 aliphatic rings. The first-order valence-corrected chi connectivity index (χ1v) is 12.5. The fourth-order valence-electron chi connectivity index (χ4n) is 3.56. The Morgan fingerprint density at radius 3 is 2.15 bits per heavy atom. The largest absolute Gasteiger partial charge is 0.464 e. The zero-order valence-electron chi connectivity index (χ0n) is 19.7. The maximum Gasteiger partial charge on any atom is 0.243 e. The van der Waals surface area contributed by atoms with Gasteiger partial charge in [0.05, 0.1) is 18.0 Å². The SMILES string of the molecule is Cc1ccc(S(=O)(=O)N(CC(=O)N(Cc2ccccc2)Cc2ccc(C)o2)CC(C)C)cc1. The molecule has 7 heteroatoms. The molecule has 0 saturated carbocycles. The van der Waals surface area contributed by atoms with Crippen LogP contribution in [-0.2, 0) is 27.9 Å². The van der Waals surface area contributed by atoms with E-state index in [1.54, 1.807) is 29.2 Å². The van der Waals surface area contributed by atoms with Crippen LogP contribution in [0.1, 0.15) is 36.5 Å². The molecular weight excluding hydrogens is 436 g/mol. The lowest BCUT2D eigenvalue weighted by Gasteiger charge is -2.28. The first-order valence-electron chi connectivity index (χ1n) is 11.1. The second-order valence-electron chi connectivity index (χ2n) is 8.75. The Bertz CT molecular complexity index is 1150. The van der Waals surface area contributed by atoms with E-state index in [9.17, 15) is 13.2 Å². The van der Waals surface area contributed by atoms with E-state index >= 15 is 0 Å². The summed E-state index contributed by atoms with van der Waals surface area (Å²) >= 11 is 0. The van der Waals surface area contributed by atoms with E-state index in [1.165, 1.54) is 4.31 Å². The van der Waals surface area contributed by atoms with Crippen molar-refractivity contribution < 1.29 is 17.6 Å². The second kappa shape index (κ2) is 10.8. The fourth-order valence-corrected chi connectivity index (χ4v) is 5.11. The third-order valence-electron chi connectivity index (χ3n) is 5.25. The number of nitrogens with zero attached hydrogens (tertiary/aromatic N) is 2. The highest BCUT2D eigenvalue weighted by Crippen LogP contribution is 2.20. The van der Waals surface area contributed by atoms with E-state index in [4.69, 9.17) is 4.42 Å². The number of benzene rings is 2. The van der Waals surface area contributed by atoms with E-state index in [1.807, 2.05) is 70.2 Å². The number of carbonyl (C=O) groups is 1. The normalized spacial score (nSPS) is 11.8. The van der Waals surface area contributed by atoms with Crippen LogP contribution in [0.4, 0.5) is 0 Å². The molecule has 0 spiro atoms. The van der Waals surface area contributed by atoms with Gasteiger partial charge in [-0.05, 0) is 49.6 Å². The summed E-state index contributed by atoms with van der Waals surface area (Å²) in [5.41, 5.74) is 1.94. The Labute approximate surface area is 196 Å². The van der Waals surface area contributed by atoms with E-state index in [0.29, 0.717) is 12.3 Å². The molecule has 0 radical (unpaired) electrons. The Morgan fingerprint density at radius 2 is 1.58 bits per heavy atom. The summed E-state index contributed by atoms with van der Waals surface area (Å²) in [5, 5.41) is 0. The van der Waals surface area contributed by atoms with Crippen molar-refractivity contribution >= 4 is 15.9 Å². The van der Waals surface area contributed by atoms with Crippen LogP contribution < -0.4 is 0 Å². The minimum Gasteiger partial charge on any atom is -0.464 e. The van der Waals surface area contributed by atoms with Crippen LogP contribution in [0.5, 0.6) is 0 Å². The third-order valence-corrected chi connectivity index (χ3v) is 7.08. The molecule has 6 nitrogen and oxygen atoms in total. The lowest BCUT2D eigenvalue weighted by molar-refractivity contribution is -0.133. The quantitative estimate of drug-likeness (QED) is 0.430. The van der Waals surface area contributed by atoms with Crippen molar-refractivity contribution in [1.29, 1.82) is 0 Å². The maximum absolute atomic E-state index is 13.5. The van der Waals surface area contributed by atoms with Gasteiger partial charge in [0, 0.05) is 13.1 Å². The third kappa shape index (κ3) is 6.79. The molecule has 3 rings (SSSR count). The number of hydrogen-bond donors (Lipinski definition) is 0. The van der Waals surface area contributed by atoms with Crippen LogP contribution in [0, 0.1) is 19.8 Å². The molecule has 0 atom stereocenters. The van der Waals surface area contributed by atoms with Gasteiger partial charge in [-0.15, -0.1) is 0 Å². The number of sulfonamides is 1. The van der Waals surface area contributed by atoms with E-state index in [2.05, 4.69) is 0 Å².